The molecule has 1 aliphatic rings. The maximum Gasteiger partial charge on any atom is 0.264 e. The van der Waals surface area contributed by atoms with Gasteiger partial charge in [-0.25, -0.2) is 12.8 Å². The van der Waals surface area contributed by atoms with E-state index in [1.54, 1.807) is 56.5 Å². The lowest BCUT2D eigenvalue weighted by Gasteiger charge is -2.32. The number of methoxy groups -OCH3 is 1. The number of carbonyl (C=O) groups excluding carboxylic acids is 2. The van der Waals surface area contributed by atoms with Crippen LogP contribution in [0.1, 0.15) is 38.2 Å². The SMILES string of the molecule is COc1ccc(CN(C(=O)CN(c2ccc(F)c(Cl)c2)S(=O)(=O)c2ccccc2)[C@H](C)C(=O)NC2CCCC2)cc1. The van der Waals surface area contributed by atoms with E-state index in [9.17, 15) is 22.4 Å². The van der Waals surface area contributed by atoms with Crippen LogP contribution in [-0.2, 0) is 26.2 Å². The molecule has 1 saturated carbocycles. The molecule has 11 heteroatoms. The summed E-state index contributed by atoms with van der Waals surface area (Å²) < 4.78 is 47.7. The Labute approximate surface area is 245 Å². The van der Waals surface area contributed by atoms with Crippen molar-refractivity contribution in [3.8, 4) is 5.75 Å². The van der Waals surface area contributed by atoms with Gasteiger partial charge in [-0.2, -0.15) is 0 Å². The summed E-state index contributed by atoms with van der Waals surface area (Å²) in [4.78, 5) is 28.5. The van der Waals surface area contributed by atoms with E-state index in [4.69, 9.17) is 16.3 Å². The molecule has 1 N–H and O–H groups in total. The highest BCUT2D eigenvalue weighted by atomic mass is 35.5. The monoisotopic (exact) mass is 601 g/mol. The molecular weight excluding hydrogens is 569 g/mol. The minimum Gasteiger partial charge on any atom is -0.497 e. The molecule has 3 aromatic rings. The number of hydrogen-bond acceptors (Lipinski definition) is 5. The Morgan fingerprint density at radius 2 is 1.71 bits per heavy atom. The summed E-state index contributed by atoms with van der Waals surface area (Å²) in [5, 5.41) is 2.74. The molecular formula is C30H33ClFN3O5S. The molecule has 218 valence electrons. The zero-order valence-corrected chi connectivity index (χ0v) is 24.5. The largest absolute Gasteiger partial charge is 0.497 e. The van der Waals surface area contributed by atoms with Crippen molar-refractivity contribution < 1.29 is 27.1 Å². The molecule has 1 atom stereocenters. The van der Waals surface area contributed by atoms with E-state index >= 15 is 0 Å². The zero-order valence-electron chi connectivity index (χ0n) is 22.9. The van der Waals surface area contributed by atoms with E-state index in [-0.39, 0.29) is 34.1 Å². The van der Waals surface area contributed by atoms with Gasteiger partial charge < -0.3 is 15.0 Å². The van der Waals surface area contributed by atoms with Gasteiger partial charge in [-0.3, -0.25) is 13.9 Å². The van der Waals surface area contributed by atoms with E-state index in [1.165, 1.54) is 23.1 Å². The zero-order chi connectivity index (χ0) is 29.6. The summed E-state index contributed by atoms with van der Waals surface area (Å²) in [7, 11) is -2.73. The van der Waals surface area contributed by atoms with Gasteiger partial charge in [-0.15, -0.1) is 0 Å². The number of ether oxygens (including phenoxy) is 1. The molecule has 0 bridgehead atoms. The number of sulfonamides is 1. The second kappa shape index (κ2) is 13.4. The molecule has 0 aromatic heterocycles. The van der Waals surface area contributed by atoms with Crippen molar-refractivity contribution in [3.63, 3.8) is 0 Å². The minimum atomic E-state index is -4.27. The van der Waals surface area contributed by atoms with Gasteiger partial charge in [0, 0.05) is 12.6 Å². The Kier molecular flexibility index (Phi) is 9.88. The Balaban J connectivity index is 1.69. The van der Waals surface area contributed by atoms with Crippen LogP contribution in [0.3, 0.4) is 0 Å². The van der Waals surface area contributed by atoms with Gasteiger partial charge in [0.1, 0.15) is 24.2 Å². The Bertz CT molecular complexity index is 1470. The highest BCUT2D eigenvalue weighted by molar-refractivity contribution is 7.92. The van der Waals surface area contributed by atoms with Crippen molar-refractivity contribution in [1.82, 2.24) is 10.2 Å². The number of amides is 2. The van der Waals surface area contributed by atoms with Crippen LogP contribution in [0.5, 0.6) is 5.75 Å². The van der Waals surface area contributed by atoms with Crippen molar-refractivity contribution in [3.05, 3.63) is 89.2 Å². The number of anilines is 1. The van der Waals surface area contributed by atoms with Crippen molar-refractivity contribution in [2.45, 2.75) is 56.1 Å². The Hall–Kier alpha value is -3.63. The average Bonchev–Trinajstić information content (AvgIpc) is 3.49. The molecule has 0 aliphatic heterocycles. The van der Waals surface area contributed by atoms with Crippen LogP contribution in [-0.4, -0.2) is 50.9 Å². The first-order valence-electron chi connectivity index (χ1n) is 13.4. The van der Waals surface area contributed by atoms with Crippen LogP contribution in [0.4, 0.5) is 10.1 Å². The second-order valence-corrected chi connectivity index (χ2v) is 12.2. The van der Waals surface area contributed by atoms with E-state index < -0.39 is 34.3 Å². The van der Waals surface area contributed by atoms with Crippen LogP contribution >= 0.6 is 11.6 Å². The lowest BCUT2D eigenvalue weighted by atomic mass is 10.1. The molecule has 41 heavy (non-hydrogen) atoms. The first-order chi connectivity index (χ1) is 19.6. The normalized spacial score (nSPS) is 14.3. The van der Waals surface area contributed by atoms with Crippen LogP contribution in [0, 0.1) is 5.82 Å². The first-order valence-corrected chi connectivity index (χ1v) is 15.2. The number of carbonyl (C=O) groups is 2. The average molecular weight is 602 g/mol. The summed E-state index contributed by atoms with van der Waals surface area (Å²) >= 11 is 6.00. The van der Waals surface area contributed by atoms with Crippen LogP contribution in [0.2, 0.25) is 5.02 Å². The maximum absolute atomic E-state index is 14.0. The molecule has 1 fully saturated rings. The number of benzene rings is 3. The van der Waals surface area contributed by atoms with E-state index in [1.807, 2.05) is 0 Å². The molecule has 0 spiro atoms. The van der Waals surface area contributed by atoms with Crippen molar-refractivity contribution in [1.29, 1.82) is 0 Å². The van der Waals surface area contributed by atoms with Gasteiger partial charge in [0.2, 0.25) is 11.8 Å². The van der Waals surface area contributed by atoms with E-state index in [0.717, 1.165) is 47.7 Å². The van der Waals surface area contributed by atoms with Crippen LogP contribution in [0.25, 0.3) is 0 Å². The molecule has 0 unspecified atom stereocenters. The molecule has 1 aliphatic carbocycles. The number of hydrogen-bond donors (Lipinski definition) is 1. The molecule has 0 radical (unpaired) electrons. The summed E-state index contributed by atoms with van der Waals surface area (Å²) in [5.41, 5.74) is 0.739. The third kappa shape index (κ3) is 7.37. The first kappa shape index (κ1) is 30.3. The highest BCUT2D eigenvalue weighted by Gasteiger charge is 2.33. The predicted octanol–water partition coefficient (Wildman–Crippen LogP) is 5.16. The molecule has 4 rings (SSSR count). The van der Waals surface area contributed by atoms with Gasteiger partial charge >= 0.3 is 0 Å². The van der Waals surface area contributed by atoms with Gasteiger partial charge in [0.15, 0.2) is 0 Å². The second-order valence-electron chi connectivity index (χ2n) is 9.96. The third-order valence-corrected chi connectivity index (χ3v) is 9.26. The Morgan fingerprint density at radius 1 is 1.05 bits per heavy atom. The lowest BCUT2D eigenvalue weighted by Crippen LogP contribution is -2.52. The van der Waals surface area contributed by atoms with Crippen LogP contribution in [0.15, 0.2) is 77.7 Å². The molecule has 8 nitrogen and oxygen atoms in total. The topological polar surface area (TPSA) is 96.0 Å². The fourth-order valence-electron chi connectivity index (χ4n) is 4.79. The third-order valence-electron chi connectivity index (χ3n) is 7.18. The predicted molar refractivity (Wildman–Crippen MR) is 156 cm³/mol. The molecule has 0 saturated heterocycles. The lowest BCUT2D eigenvalue weighted by molar-refractivity contribution is -0.139. The van der Waals surface area contributed by atoms with E-state index in [0.29, 0.717) is 5.75 Å². The van der Waals surface area contributed by atoms with Crippen LogP contribution < -0.4 is 14.4 Å². The Morgan fingerprint density at radius 3 is 2.32 bits per heavy atom. The fourth-order valence-corrected chi connectivity index (χ4v) is 6.39. The van der Waals surface area contributed by atoms with Gasteiger partial charge in [0.05, 0.1) is 22.7 Å². The van der Waals surface area contributed by atoms with E-state index in [2.05, 4.69) is 5.32 Å². The number of rotatable bonds is 11. The highest BCUT2D eigenvalue weighted by Crippen LogP contribution is 2.28. The number of nitrogens with one attached hydrogen (secondary N) is 1. The van der Waals surface area contributed by atoms with Gasteiger partial charge in [-0.1, -0.05) is 54.8 Å². The van der Waals surface area contributed by atoms with Gasteiger partial charge in [0.25, 0.3) is 10.0 Å². The summed E-state index contributed by atoms with van der Waals surface area (Å²) in [5.74, 6) is -1.03. The minimum absolute atomic E-state index is 0.0149. The van der Waals surface area contributed by atoms with Crippen molar-refractivity contribution >= 4 is 39.1 Å². The van der Waals surface area contributed by atoms with Crippen molar-refractivity contribution in [2.24, 2.45) is 0 Å². The van der Waals surface area contributed by atoms with Crippen molar-refractivity contribution in [2.75, 3.05) is 18.0 Å². The molecule has 2 amide bonds. The quantitative estimate of drug-likeness (QED) is 0.328. The summed E-state index contributed by atoms with van der Waals surface area (Å²) in [6, 6.07) is 17.3. The number of halogens is 2. The fraction of sp³-hybridized carbons (Fsp3) is 0.333. The van der Waals surface area contributed by atoms with Gasteiger partial charge in [-0.05, 0) is 67.8 Å². The summed E-state index contributed by atoms with van der Waals surface area (Å²) in [6.45, 7) is 1.03. The standard InChI is InChI=1S/C30H33ClFN3O5S/c1-21(30(37)33-23-8-6-7-9-23)34(19-22-12-15-25(40-2)16-13-22)29(36)20-35(24-14-17-28(32)27(31)18-24)41(38,39)26-10-4-3-5-11-26/h3-5,10-18,21,23H,6-9,19-20H2,1-2H3,(H,33,37)/t21-/m1/s1. The maximum atomic E-state index is 14.0. The number of nitrogens with zero attached hydrogens (tertiary/aromatic N) is 2. The molecule has 3 aromatic carbocycles. The summed E-state index contributed by atoms with van der Waals surface area (Å²) in [6.07, 6.45) is 3.80. The molecule has 0 heterocycles. The smallest absolute Gasteiger partial charge is 0.264 e.